The molecule has 0 spiro atoms. The van der Waals surface area contributed by atoms with Crippen molar-refractivity contribution in [2.75, 3.05) is 0 Å². The molecule has 0 unspecified atom stereocenters. The Hall–Kier alpha value is -4.72. The predicted octanol–water partition coefficient (Wildman–Crippen LogP) is 0.453. The molecule has 3 rings (SSSR count). The van der Waals surface area contributed by atoms with E-state index in [-0.39, 0.29) is 31.6 Å². The van der Waals surface area contributed by atoms with Crippen LogP contribution in [0.15, 0.2) is 43.0 Å². The number of carbonyl (C=O) groups excluding carboxylic acids is 3. The van der Waals surface area contributed by atoms with Crippen LogP contribution in [0.4, 0.5) is 0 Å². The van der Waals surface area contributed by atoms with E-state index in [9.17, 15) is 29.1 Å². The van der Waals surface area contributed by atoms with E-state index in [1.54, 1.807) is 6.20 Å². The Morgan fingerprint density at radius 2 is 1.57 bits per heavy atom. The molecular formula is C28H37N7O7. The molecule has 4 atom stereocenters. The summed E-state index contributed by atoms with van der Waals surface area (Å²) in [5.74, 6) is -4.72. The molecule has 0 aliphatic carbocycles. The lowest BCUT2D eigenvalue weighted by Crippen LogP contribution is -2.58. The molecule has 0 aliphatic rings. The molecule has 226 valence electrons. The number of carboxylic acids is 2. The van der Waals surface area contributed by atoms with Gasteiger partial charge in [0.15, 0.2) is 0 Å². The first-order valence-corrected chi connectivity index (χ1v) is 13.6. The molecule has 1 aromatic carbocycles. The number of aromatic nitrogens is 3. The van der Waals surface area contributed by atoms with Crippen molar-refractivity contribution in [1.29, 1.82) is 0 Å². The highest BCUT2D eigenvalue weighted by Gasteiger charge is 2.31. The van der Waals surface area contributed by atoms with E-state index in [0.29, 0.717) is 5.69 Å². The number of aliphatic carboxylic acids is 2. The Morgan fingerprint density at radius 1 is 0.905 bits per heavy atom. The van der Waals surface area contributed by atoms with E-state index in [0.717, 1.165) is 16.5 Å². The second-order valence-corrected chi connectivity index (χ2v) is 10.5. The minimum atomic E-state index is -1.46. The Labute approximate surface area is 241 Å². The van der Waals surface area contributed by atoms with Crippen molar-refractivity contribution in [2.24, 2.45) is 11.7 Å². The van der Waals surface area contributed by atoms with Gasteiger partial charge in [-0.3, -0.25) is 19.2 Å². The molecule has 0 radical (unpaired) electrons. The van der Waals surface area contributed by atoms with Gasteiger partial charge in [0.2, 0.25) is 17.7 Å². The number of H-pyrrole nitrogens is 2. The number of nitrogens with zero attached hydrogens (tertiary/aromatic N) is 1. The third kappa shape index (κ3) is 9.16. The van der Waals surface area contributed by atoms with Crippen LogP contribution >= 0.6 is 0 Å². The summed E-state index contributed by atoms with van der Waals surface area (Å²) in [5, 5.41) is 26.9. The van der Waals surface area contributed by atoms with Gasteiger partial charge in [0.05, 0.1) is 12.4 Å². The molecular weight excluding hydrogens is 546 g/mol. The fourth-order valence-corrected chi connectivity index (χ4v) is 4.51. The molecule has 42 heavy (non-hydrogen) atoms. The highest BCUT2D eigenvalue weighted by atomic mass is 16.4. The van der Waals surface area contributed by atoms with Crippen molar-refractivity contribution < 1.29 is 34.2 Å². The van der Waals surface area contributed by atoms with Gasteiger partial charge in [-0.2, -0.15) is 0 Å². The summed E-state index contributed by atoms with van der Waals surface area (Å²) in [7, 11) is 0. The monoisotopic (exact) mass is 583 g/mol. The lowest BCUT2D eigenvalue weighted by molar-refractivity contribution is -0.143. The number of fused-ring (bicyclic) bond motifs is 1. The maximum atomic E-state index is 13.5. The normalized spacial score (nSPS) is 14.1. The lowest BCUT2D eigenvalue weighted by Gasteiger charge is -2.26. The van der Waals surface area contributed by atoms with Crippen LogP contribution in [0.1, 0.15) is 44.4 Å². The van der Waals surface area contributed by atoms with Gasteiger partial charge in [0.1, 0.15) is 18.1 Å². The van der Waals surface area contributed by atoms with Crippen LogP contribution in [0.5, 0.6) is 0 Å². The van der Waals surface area contributed by atoms with Crippen LogP contribution in [0.2, 0.25) is 0 Å². The summed E-state index contributed by atoms with van der Waals surface area (Å²) in [6.07, 6.45) is 4.30. The largest absolute Gasteiger partial charge is 0.481 e. The minimum absolute atomic E-state index is 0.0176. The zero-order valence-electron chi connectivity index (χ0n) is 23.4. The van der Waals surface area contributed by atoms with Gasteiger partial charge in [-0.05, 0) is 36.8 Å². The number of carboxylic acid groups (broad SMARTS) is 2. The van der Waals surface area contributed by atoms with Crippen molar-refractivity contribution >= 4 is 40.6 Å². The Bertz CT molecular complexity index is 1390. The molecule has 14 nitrogen and oxygen atoms in total. The third-order valence-electron chi connectivity index (χ3n) is 6.66. The van der Waals surface area contributed by atoms with Gasteiger partial charge in [0.25, 0.3) is 0 Å². The zero-order valence-corrected chi connectivity index (χ0v) is 23.4. The van der Waals surface area contributed by atoms with E-state index >= 15 is 0 Å². The number of imidazole rings is 1. The highest BCUT2D eigenvalue weighted by molar-refractivity contribution is 5.94. The van der Waals surface area contributed by atoms with E-state index in [1.807, 2.05) is 38.1 Å². The number of amides is 3. The van der Waals surface area contributed by atoms with Crippen molar-refractivity contribution in [1.82, 2.24) is 30.9 Å². The van der Waals surface area contributed by atoms with Crippen LogP contribution in [0.25, 0.3) is 10.9 Å². The van der Waals surface area contributed by atoms with Crippen LogP contribution < -0.4 is 21.7 Å². The maximum Gasteiger partial charge on any atom is 0.326 e. The number of benzene rings is 1. The molecule has 3 aromatic rings. The number of nitrogens with one attached hydrogen (secondary N) is 5. The Kier molecular flexibility index (Phi) is 11.2. The average molecular weight is 584 g/mol. The summed E-state index contributed by atoms with van der Waals surface area (Å²) < 4.78 is 0. The van der Waals surface area contributed by atoms with Crippen LogP contribution in [-0.4, -0.2) is 79.0 Å². The van der Waals surface area contributed by atoms with Crippen molar-refractivity contribution in [3.63, 3.8) is 0 Å². The minimum Gasteiger partial charge on any atom is -0.481 e. The van der Waals surface area contributed by atoms with Gasteiger partial charge in [0, 0.05) is 41.8 Å². The second-order valence-electron chi connectivity index (χ2n) is 10.5. The third-order valence-corrected chi connectivity index (χ3v) is 6.66. The van der Waals surface area contributed by atoms with Crippen LogP contribution in [0, 0.1) is 5.92 Å². The fraction of sp³-hybridized carbons (Fsp3) is 0.429. The van der Waals surface area contributed by atoms with Crippen molar-refractivity contribution in [2.45, 2.75) is 70.1 Å². The quantitative estimate of drug-likeness (QED) is 0.117. The number of rotatable bonds is 16. The molecule has 9 N–H and O–H groups in total. The number of aromatic amines is 2. The van der Waals surface area contributed by atoms with E-state index in [4.69, 9.17) is 10.8 Å². The molecule has 3 amide bonds. The number of para-hydroxylation sites is 1. The first kappa shape index (κ1) is 31.8. The summed E-state index contributed by atoms with van der Waals surface area (Å²) in [6.45, 7) is 3.64. The van der Waals surface area contributed by atoms with Crippen LogP contribution in [-0.2, 0) is 36.8 Å². The number of nitrogens with two attached hydrogens (primary N) is 1. The lowest BCUT2D eigenvalue weighted by atomic mass is 10.0. The Morgan fingerprint density at radius 3 is 2.21 bits per heavy atom. The zero-order chi connectivity index (χ0) is 30.8. The molecule has 0 fully saturated rings. The molecule has 2 heterocycles. The summed E-state index contributed by atoms with van der Waals surface area (Å²) in [5.41, 5.74) is 8.52. The second kappa shape index (κ2) is 14.8. The maximum absolute atomic E-state index is 13.5. The molecule has 0 aliphatic heterocycles. The highest BCUT2D eigenvalue weighted by Crippen LogP contribution is 2.19. The fourth-order valence-electron chi connectivity index (χ4n) is 4.51. The van der Waals surface area contributed by atoms with Gasteiger partial charge >= 0.3 is 11.9 Å². The SMILES string of the molecule is CC(C)C[C@H](NC(=O)[C@H](Cc1cnc[nH]1)NC(=O)[C@@H](N)Cc1c[nH]c2ccccc12)C(=O)N[C@@H](CCC(=O)O)C(=O)O. The number of hydrogen-bond acceptors (Lipinski definition) is 7. The topological polar surface area (TPSA) is 232 Å². The average Bonchev–Trinajstić information content (AvgIpc) is 3.59. The number of hydrogen-bond donors (Lipinski definition) is 8. The predicted molar refractivity (Wildman–Crippen MR) is 152 cm³/mol. The van der Waals surface area contributed by atoms with E-state index < -0.39 is 60.2 Å². The standard InChI is InChI=1S/C28H37N7O7/c1-15(2)9-22(26(39)33-21(28(41)42)7-8-24(36)37)35-27(40)23(11-17-13-30-14-32-17)34-25(38)19(29)10-16-12-31-20-6-4-3-5-18(16)20/h3-6,12-15,19,21-23,31H,7-11,29H2,1-2H3,(H,30,32)(H,33,39)(H,34,38)(H,35,40)(H,36,37)(H,41,42)/t19-,21-,22-,23-/m0/s1. The summed E-state index contributed by atoms with van der Waals surface area (Å²) in [4.78, 5) is 72.2. The molecule has 0 saturated carbocycles. The van der Waals surface area contributed by atoms with Crippen LogP contribution in [0.3, 0.4) is 0 Å². The molecule has 14 heteroatoms. The first-order valence-electron chi connectivity index (χ1n) is 13.6. The van der Waals surface area contributed by atoms with Crippen molar-refractivity contribution in [3.8, 4) is 0 Å². The first-order chi connectivity index (χ1) is 19.9. The summed E-state index contributed by atoms with van der Waals surface area (Å²) >= 11 is 0. The van der Waals surface area contributed by atoms with E-state index in [2.05, 4.69) is 30.9 Å². The summed E-state index contributed by atoms with van der Waals surface area (Å²) in [6, 6.07) is 2.86. The molecule has 0 saturated heterocycles. The van der Waals surface area contributed by atoms with Crippen molar-refractivity contribution in [3.05, 3.63) is 54.2 Å². The van der Waals surface area contributed by atoms with E-state index in [1.165, 1.54) is 12.5 Å². The van der Waals surface area contributed by atoms with Gasteiger partial charge in [-0.1, -0.05) is 32.0 Å². The molecule has 2 aromatic heterocycles. The van der Waals surface area contributed by atoms with Gasteiger partial charge < -0.3 is 41.9 Å². The van der Waals surface area contributed by atoms with Gasteiger partial charge in [-0.15, -0.1) is 0 Å². The smallest absolute Gasteiger partial charge is 0.326 e. The molecule has 0 bridgehead atoms. The Balaban J connectivity index is 1.74. The number of carbonyl (C=O) groups is 5. The van der Waals surface area contributed by atoms with Gasteiger partial charge in [-0.25, -0.2) is 9.78 Å².